The number of hydrogen-bond acceptors (Lipinski definition) is 3. The van der Waals surface area contributed by atoms with Crippen LogP contribution in [-0.2, 0) is 11.3 Å². The van der Waals surface area contributed by atoms with Gasteiger partial charge in [0, 0.05) is 25.3 Å². The molecule has 0 saturated carbocycles. The summed E-state index contributed by atoms with van der Waals surface area (Å²) < 4.78 is 5.60. The Labute approximate surface area is 156 Å². The van der Waals surface area contributed by atoms with Crippen molar-refractivity contribution in [3.05, 3.63) is 59.2 Å². The second-order valence-corrected chi connectivity index (χ2v) is 7.10. The fourth-order valence-electron chi connectivity index (χ4n) is 3.39. The van der Waals surface area contributed by atoms with Crippen LogP contribution in [0.3, 0.4) is 0 Å². The van der Waals surface area contributed by atoms with Gasteiger partial charge in [0.25, 0.3) is 5.91 Å². The zero-order chi connectivity index (χ0) is 18.4. The van der Waals surface area contributed by atoms with Crippen LogP contribution in [0.4, 0.5) is 5.69 Å². The zero-order valence-electron chi connectivity index (χ0n) is 15.8. The molecule has 2 aromatic carbocycles. The van der Waals surface area contributed by atoms with Crippen molar-refractivity contribution in [1.82, 2.24) is 5.32 Å². The number of rotatable bonds is 6. The number of nitrogens with zero attached hydrogens (tertiary/aromatic N) is 1. The van der Waals surface area contributed by atoms with Gasteiger partial charge in [-0.3, -0.25) is 4.79 Å². The molecule has 0 aromatic heterocycles. The molecule has 1 fully saturated rings. The average molecular weight is 352 g/mol. The van der Waals surface area contributed by atoms with Crippen LogP contribution in [-0.4, -0.2) is 25.6 Å². The van der Waals surface area contributed by atoms with Crippen LogP contribution in [0.5, 0.6) is 5.75 Å². The van der Waals surface area contributed by atoms with Crippen molar-refractivity contribution in [2.75, 3.05) is 24.6 Å². The highest BCUT2D eigenvalue weighted by molar-refractivity contribution is 5.77. The minimum atomic E-state index is -0.107. The molecule has 1 N–H and O–H groups in total. The number of anilines is 1. The number of nitrogens with one attached hydrogen (secondary N) is 1. The van der Waals surface area contributed by atoms with E-state index in [0.29, 0.717) is 6.54 Å². The Morgan fingerprint density at radius 1 is 1.00 bits per heavy atom. The summed E-state index contributed by atoms with van der Waals surface area (Å²) in [5.41, 5.74) is 4.65. The number of amides is 1. The Hall–Kier alpha value is -2.49. The minimum Gasteiger partial charge on any atom is -0.484 e. The van der Waals surface area contributed by atoms with Gasteiger partial charge in [0.05, 0.1) is 0 Å². The van der Waals surface area contributed by atoms with E-state index in [-0.39, 0.29) is 12.5 Å². The van der Waals surface area contributed by atoms with Crippen LogP contribution in [0.15, 0.2) is 42.5 Å². The van der Waals surface area contributed by atoms with E-state index in [2.05, 4.69) is 40.5 Å². The second-order valence-electron chi connectivity index (χ2n) is 7.10. The quantitative estimate of drug-likeness (QED) is 0.855. The molecule has 1 aliphatic heterocycles. The van der Waals surface area contributed by atoms with Crippen LogP contribution in [0.25, 0.3) is 0 Å². The lowest BCUT2D eigenvalue weighted by molar-refractivity contribution is -0.123. The first-order valence-electron chi connectivity index (χ1n) is 9.42. The molecule has 3 rings (SSSR count). The van der Waals surface area contributed by atoms with Gasteiger partial charge in [0.2, 0.25) is 0 Å². The van der Waals surface area contributed by atoms with Gasteiger partial charge in [0.15, 0.2) is 6.61 Å². The molecular formula is C22H28N2O2. The third kappa shape index (κ3) is 5.25. The first kappa shape index (κ1) is 18.3. The Kier molecular flexibility index (Phi) is 6.16. The molecular weight excluding hydrogens is 324 g/mol. The number of ether oxygens (including phenoxy) is 1. The van der Waals surface area contributed by atoms with Gasteiger partial charge >= 0.3 is 0 Å². The lowest BCUT2D eigenvalue weighted by atomic mass is 10.1. The maximum absolute atomic E-state index is 12.0. The first-order valence-corrected chi connectivity index (χ1v) is 9.42. The van der Waals surface area contributed by atoms with Crippen LogP contribution in [0, 0.1) is 13.8 Å². The molecule has 0 radical (unpaired) electrons. The number of benzene rings is 2. The third-order valence-corrected chi connectivity index (χ3v) is 4.71. The number of carbonyl (C=O) groups is 1. The van der Waals surface area contributed by atoms with Crippen LogP contribution in [0.1, 0.15) is 36.0 Å². The molecule has 4 nitrogen and oxygen atoms in total. The molecule has 0 unspecified atom stereocenters. The standard InChI is InChI=1S/C22H28N2O2/c1-17-12-18(2)14-21(13-17)26-16-22(25)23-15-19-6-8-20(9-7-19)24-10-4-3-5-11-24/h6-9,12-14H,3-5,10-11,15-16H2,1-2H3,(H,23,25). The summed E-state index contributed by atoms with van der Waals surface area (Å²) in [6, 6.07) is 14.5. The van der Waals surface area contributed by atoms with Crippen molar-refractivity contribution >= 4 is 11.6 Å². The summed E-state index contributed by atoms with van der Waals surface area (Å²) in [4.78, 5) is 14.5. The van der Waals surface area contributed by atoms with E-state index in [9.17, 15) is 4.79 Å². The predicted molar refractivity (Wildman–Crippen MR) is 106 cm³/mol. The molecule has 138 valence electrons. The number of piperidine rings is 1. The van der Waals surface area contributed by atoms with E-state index < -0.39 is 0 Å². The van der Waals surface area contributed by atoms with E-state index in [1.165, 1.54) is 24.9 Å². The van der Waals surface area contributed by atoms with Gasteiger partial charge in [-0.1, -0.05) is 18.2 Å². The largest absolute Gasteiger partial charge is 0.484 e. The Morgan fingerprint density at radius 3 is 2.31 bits per heavy atom. The fraction of sp³-hybridized carbons (Fsp3) is 0.409. The van der Waals surface area contributed by atoms with Crippen molar-refractivity contribution in [1.29, 1.82) is 0 Å². The number of hydrogen-bond donors (Lipinski definition) is 1. The Bertz CT molecular complexity index is 714. The summed E-state index contributed by atoms with van der Waals surface area (Å²) in [6.45, 7) is 6.89. The highest BCUT2D eigenvalue weighted by atomic mass is 16.5. The van der Waals surface area contributed by atoms with Crippen molar-refractivity contribution in [3.8, 4) is 5.75 Å². The van der Waals surface area contributed by atoms with E-state index in [0.717, 1.165) is 35.5 Å². The molecule has 0 bridgehead atoms. The van der Waals surface area contributed by atoms with Crippen molar-refractivity contribution in [2.24, 2.45) is 0 Å². The van der Waals surface area contributed by atoms with Gasteiger partial charge in [-0.25, -0.2) is 0 Å². The van der Waals surface area contributed by atoms with Crippen LogP contribution >= 0.6 is 0 Å². The normalized spacial score (nSPS) is 14.2. The van der Waals surface area contributed by atoms with Crippen LogP contribution in [0.2, 0.25) is 0 Å². The lowest BCUT2D eigenvalue weighted by Crippen LogP contribution is -2.29. The second kappa shape index (κ2) is 8.75. The van der Waals surface area contributed by atoms with Gasteiger partial charge in [-0.05, 0) is 74.1 Å². The maximum Gasteiger partial charge on any atom is 0.258 e. The van der Waals surface area contributed by atoms with Gasteiger partial charge in [-0.2, -0.15) is 0 Å². The first-order chi connectivity index (χ1) is 12.6. The highest BCUT2D eigenvalue weighted by Gasteiger charge is 2.10. The summed E-state index contributed by atoms with van der Waals surface area (Å²) in [5.74, 6) is 0.632. The van der Waals surface area contributed by atoms with Gasteiger partial charge in [0.1, 0.15) is 5.75 Å². The van der Waals surface area contributed by atoms with Crippen molar-refractivity contribution < 1.29 is 9.53 Å². The maximum atomic E-state index is 12.0. The van der Waals surface area contributed by atoms with E-state index >= 15 is 0 Å². The van der Waals surface area contributed by atoms with Crippen molar-refractivity contribution in [3.63, 3.8) is 0 Å². The SMILES string of the molecule is Cc1cc(C)cc(OCC(=O)NCc2ccc(N3CCCCC3)cc2)c1. The number of aryl methyl sites for hydroxylation is 2. The van der Waals surface area contributed by atoms with E-state index in [4.69, 9.17) is 4.74 Å². The summed E-state index contributed by atoms with van der Waals surface area (Å²) in [7, 11) is 0. The third-order valence-electron chi connectivity index (χ3n) is 4.71. The van der Waals surface area contributed by atoms with Crippen LogP contribution < -0.4 is 15.0 Å². The molecule has 4 heteroatoms. The zero-order valence-corrected chi connectivity index (χ0v) is 15.8. The van der Waals surface area contributed by atoms with E-state index in [1.54, 1.807) is 0 Å². The lowest BCUT2D eigenvalue weighted by Gasteiger charge is -2.28. The molecule has 26 heavy (non-hydrogen) atoms. The molecule has 2 aromatic rings. The van der Waals surface area contributed by atoms with Gasteiger partial charge in [-0.15, -0.1) is 0 Å². The Morgan fingerprint density at radius 2 is 1.65 bits per heavy atom. The summed E-state index contributed by atoms with van der Waals surface area (Å²) >= 11 is 0. The van der Waals surface area contributed by atoms with Crippen molar-refractivity contribution in [2.45, 2.75) is 39.7 Å². The predicted octanol–water partition coefficient (Wildman–Crippen LogP) is 3.99. The average Bonchev–Trinajstić information content (AvgIpc) is 2.65. The number of carbonyl (C=O) groups excluding carboxylic acids is 1. The molecule has 1 saturated heterocycles. The topological polar surface area (TPSA) is 41.6 Å². The van der Waals surface area contributed by atoms with E-state index in [1.807, 2.05) is 26.0 Å². The summed E-state index contributed by atoms with van der Waals surface area (Å²) in [6.07, 6.45) is 3.89. The molecule has 0 aliphatic carbocycles. The minimum absolute atomic E-state index is 0.0365. The van der Waals surface area contributed by atoms with Gasteiger partial charge < -0.3 is 15.0 Å². The summed E-state index contributed by atoms with van der Waals surface area (Å²) in [5, 5.41) is 2.92. The monoisotopic (exact) mass is 352 g/mol. The fourth-order valence-corrected chi connectivity index (χ4v) is 3.39. The molecule has 0 spiro atoms. The smallest absolute Gasteiger partial charge is 0.258 e. The Balaban J connectivity index is 1.45. The highest BCUT2D eigenvalue weighted by Crippen LogP contribution is 2.20. The molecule has 0 atom stereocenters. The molecule has 1 amide bonds. The molecule has 1 heterocycles. The molecule has 1 aliphatic rings.